The van der Waals surface area contributed by atoms with Crippen LogP contribution in [0.5, 0.6) is 0 Å². The van der Waals surface area contributed by atoms with Crippen LogP contribution in [-0.4, -0.2) is 71.1 Å². The highest BCUT2D eigenvalue weighted by molar-refractivity contribution is 5.94. The minimum absolute atomic E-state index is 0.00159. The predicted molar refractivity (Wildman–Crippen MR) is 187 cm³/mol. The number of rotatable bonds is 13. The number of nitrogens with zero attached hydrogens (tertiary/aromatic N) is 1. The molecule has 4 aliphatic heterocycles. The summed E-state index contributed by atoms with van der Waals surface area (Å²) in [6, 6.07) is 11.7. The van der Waals surface area contributed by atoms with Crippen LogP contribution in [0.3, 0.4) is 0 Å². The number of ether oxygens (including phenoxy) is 3. The number of fused-ring (bicyclic) bond motifs is 2. The normalized spacial score (nSPS) is 19.8. The number of hydrogen-bond acceptors (Lipinski definition) is 11. The second kappa shape index (κ2) is 15.6. The molecule has 5 heterocycles. The molecule has 1 fully saturated rings. The fraction of sp³-hybridized carbons (Fsp3) is 0.316. The van der Waals surface area contributed by atoms with Crippen LogP contribution in [0.25, 0.3) is 11.1 Å². The molecule has 7 rings (SSSR count). The Morgan fingerprint density at radius 2 is 1.70 bits per heavy atom. The molecule has 2 unspecified atom stereocenters. The number of allylic oxidation sites excluding steroid dienone is 4. The van der Waals surface area contributed by atoms with Crippen LogP contribution in [-0.2, 0) is 43.2 Å². The number of nitrogens with one attached hydrogen (secondary N) is 4. The van der Waals surface area contributed by atoms with Gasteiger partial charge in [-0.1, -0.05) is 48.6 Å². The molecule has 5 aliphatic rings. The zero-order valence-electron chi connectivity index (χ0n) is 29.3. The van der Waals surface area contributed by atoms with Gasteiger partial charge in [0.1, 0.15) is 11.7 Å². The molecule has 4 amide bonds. The van der Waals surface area contributed by atoms with E-state index in [1.54, 1.807) is 63.4 Å². The number of amides is 4. The maximum atomic E-state index is 13.2. The lowest BCUT2D eigenvalue weighted by atomic mass is 9.80. The van der Waals surface area contributed by atoms with Crippen molar-refractivity contribution in [2.24, 2.45) is 0 Å². The number of carbonyl (C=O) groups is 5. The quantitative estimate of drug-likeness (QED) is 0.135. The van der Waals surface area contributed by atoms with Crippen molar-refractivity contribution in [3.63, 3.8) is 0 Å². The zero-order chi connectivity index (χ0) is 37.6. The summed E-state index contributed by atoms with van der Waals surface area (Å²) in [5, 5.41) is 10.7. The first-order valence-corrected chi connectivity index (χ1v) is 17.0. The van der Waals surface area contributed by atoms with Gasteiger partial charge in [-0.2, -0.15) is 4.89 Å². The maximum absolute atomic E-state index is 13.2. The van der Waals surface area contributed by atoms with Crippen LogP contribution in [0.4, 0.5) is 0 Å². The van der Waals surface area contributed by atoms with Crippen molar-refractivity contribution in [1.29, 1.82) is 0 Å². The van der Waals surface area contributed by atoms with E-state index in [1.165, 1.54) is 6.08 Å². The second-order valence-electron chi connectivity index (χ2n) is 13.5. The highest BCUT2D eigenvalue weighted by Crippen LogP contribution is 2.49. The predicted octanol–water partition coefficient (Wildman–Crippen LogP) is 2.90. The van der Waals surface area contributed by atoms with E-state index >= 15 is 0 Å². The summed E-state index contributed by atoms with van der Waals surface area (Å²) in [4.78, 5) is 79.5. The zero-order valence-corrected chi connectivity index (χ0v) is 29.3. The molecule has 2 aromatic rings. The minimum atomic E-state index is -1.27. The van der Waals surface area contributed by atoms with E-state index < -0.39 is 53.1 Å². The molecular formula is C38H39N5O10. The van der Waals surface area contributed by atoms with Gasteiger partial charge in [0, 0.05) is 54.5 Å². The minimum Gasteiger partial charge on any atom is -0.420 e. The Balaban J connectivity index is 1.00. The number of esters is 1. The van der Waals surface area contributed by atoms with E-state index in [0.717, 1.165) is 11.1 Å². The van der Waals surface area contributed by atoms with Gasteiger partial charge in [-0.15, -0.1) is 0 Å². The maximum Gasteiger partial charge on any atom is 0.320 e. The molecule has 276 valence electrons. The summed E-state index contributed by atoms with van der Waals surface area (Å²) in [6.45, 7) is 5.40. The van der Waals surface area contributed by atoms with E-state index in [0.29, 0.717) is 11.1 Å². The highest BCUT2D eigenvalue weighted by Gasteiger charge is 2.58. The number of aromatic nitrogens is 1. The summed E-state index contributed by atoms with van der Waals surface area (Å²) in [5.74, 6) is -3.11. The van der Waals surface area contributed by atoms with Crippen LogP contribution in [0.15, 0.2) is 108 Å². The van der Waals surface area contributed by atoms with Crippen molar-refractivity contribution in [3.05, 3.63) is 114 Å². The highest BCUT2D eigenvalue weighted by atomic mass is 17.2. The summed E-state index contributed by atoms with van der Waals surface area (Å²) in [7, 11) is 0. The van der Waals surface area contributed by atoms with Crippen molar-refractivity contribution in [1.82, 2.24) is 26.3 Å². The Labute approximate surface area is 305 Å². The average molecular weight is 726 g/mol. The van der Waals surface area contributed by atoms with Gasteiger partial charge in [-0.05, 0) is 50.1 Å². The van der Waals surface area contributed by atoms with Gasteiger partial charge in [0.2, 0.25) is 23.3 Å². The second-order valence-corrected chi connectivity index (χ2v) is 13.5. The molecular weight excluding hydrogens is 686 g/mol. The SMILES string of the molecule is CC(C)(C)NC(=O)C[C@H](NC(=O)CCC(=O)OC1=CC2=CC=CC3=CC=C4OOC32C(O4)O1)C(=O)NCCNC(=O)c1cc(-c2ccccc2)ccn1. The van der Waals surface area contributed by atoms with Crippen LogP contribution >= 0.6 is 0 Å². The van der Waals surface area contributed by atoms with Crippen LogP contribution in [0, 0.1) is 0 Å². The van der Waals surface area contributed by atoms with E-state index in [-0.39, 0.29) is 49.9 Å². The molecule has 2 bridgehead atoms. The molecule has 4 N–H and O–H groups in total. The lowest BCUT2D eigenvalue weighted by Crippen LogP contribution is -2.55. The van der Waals surface area contributed by atoms with Crippen molar-refractivity contribution in [3.8, 4) is 11.1 Å². The lowest BCUT2D eigenvalue weighted by molar-refractivity contribution is -0.428. The fourth-order valence-electron chi connectivity index (χ4n) is 5.83. The van der Waals surface area contributed by atoms with Crippen molar-refractivity contribution >= 4 is 29.6 Å². The van der Waals surface area contributed by atoms with Crippen LogP contribution in [0.1, 0.15) is 50.5 Å². The molecule has 53 heavy (non-hydrogen) atoms. The molecule has 1 aromatic heterocycles. The molecule has 1 aliphatic carbocycles. The largest absolute Gasteiger partial charge is 0.420 e. The van der Waals surface area contributed by atoms with E-state index in [4.69, 9.17) is 24.0 Å². The Hall–Kier alpha value is -6.22. The van der Waals surface area contributed by atoms with Gasteiger partial charge in [0.25, 0.3) is 18.1 Å². The lowest BCUT2D eigenvalue weighted by Gasteiger charge is -2.44. The molecule has 15 nitrogen and oxygen atoms in total. The first-order chi connectivity index (χ1) is 25.4. The number of benzene rings is 1. The summed E-state index contributed by atoms with van der Waals surface area (Å²) in [6.07, 6.45) is 9.62. The fourth-order valence-corrected chi connectivity index (χ4v) is 5.83. The summed E-state index contributed by atoms with van der Waals surface area (Å²) >= 11 is 0. The Morgan fingerprint density at radius 1 is 0.906 bits per heavy atom. The number of carbonyl (C=O) groups excluding carboxylic acids is 5. The third-order valence-electron chi connectivity index (χ3n) is 8.25. The summed E-state index contributed by atoms with van der Waals surface area (Å²) < 4.78 is 16.9. The van der Waals surface area contributed by atoms with Gasteiger partial charge < -0.3 is 35.5 Å². The van der Waals surface area contributed by atoms with Crippen LogP contribution < -0.4 is 21.3 Å². The van der Waals surface area contributed by atoms with Gasteiger partial charge in [-0.3, -0.25) is 33.8 Å². The van der Waals surface area contributed by atoms with Gasteiger partial charge in [0.15, 0.2) is 0 Å². The van der Waals surface area contributed by atoms with Gasteiger partial charge in [0.05, 0.1) is 12.8 Å². The molecule has 1 spiro atoms. The molecule has 0 saturated carbocycles. The average Bonchev–Trinajstić information content (AvgIpc) is 3.41. The third-order valence-corrected chi connectivity index (χ3v) is 8.25. The molecule has 0 radical (unpaired) electrons. The molecule has 1 saturated heterocycles. The number of pyridine rings is 1. The first-order valence-electron chi connectivity index (χ1n) is 17.0. The van der Waals surface area contributed by atoms with Crippen molar-refractivity contribution in [2.75, 3.05) is 13.1 Å². The monoisotopic (exact) mass is 725 g/mol. The molecule has 15 heteroatoms. The van der Waals surface area contributed by atoms with E-state index in [1.807, 2.05) is 36.4 Å². The van der Waals surface area contributed by atoms with Crippen LogP contribution in [0.2, 0.25) is 0 Å². The van der Waals surface area contributed by atoms with Gasteiger partial charge in [-0.25, -0.2) is 0 Å². The molecule has 3 atom stereocenters. The number of hydrogen-bond donors (Lipinski definition) is 4. The Kier molecular flexibility index (Phi) is 10.7. The smallest absolute Gasteiger partial charge is 0.320 e. The first kappa shape index (κ1) is 36.6. The summed E-state index contributed by atoms with van der Waals surface area (Å²) in [5.41, 5.74) is 1.44. The Morgan fingerprint density at radius 3 is 2.49 bits per heavy atom. The van der Waals surface area contributed by atoms with Gasteiger partial charge >= 0.3 is 11.9 Å². The molecule has 1 aromatic carbocycles. The van der Waals surface area contributed by atoms with E-state index in [9.17, 15) is 24.0 Å². The topological polar surface area (TPSA) is 193 Å². The van der Waals surface area contributed by atoms with E-state index in [2.05, 4.69) is 26.3 Å². The third kappa shape index (κ3) is 8.81. The Bertz CT molecular complexity index is 1940. The van der Waals surface area contributed by atoms with Crippen molar-refractivity contribution in [2.45, 2.75) is 63.5 Å². The van der Waals surface area contributed by atoms with Crippen molar-refractivity contribution < 1.29 is 48.0 Å². The standard InChI is InChI=1S/C38H39N5O10/c1-37(2,3)43-30(45)22-28(35(48)41-19-18-40-34(47)27-20-24(16-17-39-27)23-8-5-4-6-9-23)42-29(44)13-14-31(46)49-33-21-26-11-7-10-25-12-15-32-50-36(51-33)38(25,26)53-52-32/h4-12,15-17,20-21,28,36H,13-14,18-19,22H2,1-3H3,(H,40,47)(H,41,48)(H,42,44)(H,43,45)/t28-,36?,38?/m0/s1.